The molecule has 5 heteroatoms. The third-order valence-electron chi connectivity index (χ3n) is 4.08. The number of carbonyl (C=O) groups excluding carboxylic acids is 1. The summed E-state index contributed by atoms with van der Waals surface area (Å²) in [6.07, 6.45) is 3.13. The van der Waals surface area contributed by atoms with Gasteiger partial charge in [-0.05, 0) is 42.8 Å². The Morgan fingerprint density at radius 3 is 3.05 bits per heavy atom. The molecule has 102 valence electrons. The molecule has 3 rings (SSSR count). The first-order valence-corrected chi connectivity index (χ1v) is 7.70. The molecule has 19 heavy (non-hydrogen) atoms. The normalized spacial score (nSPS) is 21.4. The smallest absolute Gasteiger partial charge is 0.265 e. The van der Waals surface area contributed by atoms with Crippen molar-refractivity contribution < 1.29 is 4.79 Å². The second-order valence-corrected chi connectivity index (χ2v) is 6.48. The second kappa shape index (κ2) is 5.43. The number of hydrogen-bond acceptors (Lipinski definition) is 4. The van der Waals surface area contributed by atoms with Crippen molar-refractivity contribution in [3.8, 4) is 0 Å². The van der Waals surface area contributed by atoms with Gasteiger partial charge < -0.3 is 10.6 Å². The van der Waals surface area contributed by atoms with Crippen LogP contribution in [-0.4, -0.2) is 31.3 Å². The zero-order chi connectivity index (χ0) is 13.1. The van der Waals surface area contributed by atoms with Gasteiger partial charge >= 0.3 is 0 Å². The third kappa shape index (κ3) is 2.87. The number of hydrogen-bond donors (Lipinski definition) is 2. The molecule has 1 amide bonds. The summed E-state index contributed by atoms with van der Waals surface area (Å²) in [5.74, 6) is 0.0174. The molecule has 3 heterocycles. The maximum absolute atomic E-state index is 12.1. The van der Waals surface area contributed by atoms with Crippen LogP contribution in [0.15, 0.2) is 22.5 Å². The van der Waals surface area contributed by atoms with Gasteiger partial charge in [-0.1, -0.05) is 6.07 Å². The van der Waals surface area contributed by atoms with Crippen LogP contribution in [0.25, 0.3) is 0 Å². The van der Waals surface area contributed by atoms with E-state index in [0.29, 0.717) is 6.54 Å². The second-order valence-electron chi connectivity index (χ2n) is 5.45. The minimum Gasteiger partial charge on any atom is -0.346 e. The monoisotopic (exact) mass is 277 g/mol. The number of nitrogens with one attached hydrogen (secondary N) is 2. The minimum absolute atomic E-state index is 0.0174. The fourth-order valence-electron chi connectivity index (χ4n) is 2.86. The summed E-state index contributed by atoms with van der Waals surface area (Å²) in [6.45, 7) is 3.56. The summed E-state index contributed by atoms with van der Waals surface area (Å²) in [6, 6.07) is 4.04. The van der Waals surface area contributed by atoms with Crippen molar-refractivity contribution in [3.05, 3.63) is 22.4 Å². The predicted molar refractivity (Wildman–Crippen MR) is 77.6 cm³/mol. The molecule has 0 saturated carbocycles. The van der Waals surface area contributed by atoms with Crippen molar-refractivity contribution in [3.63, 3.8) is 0 Å². The zero-order valence-electron chi connectivity index (χ0n) is 10.9. The molecule has 0 atom stereocenters. The highest BCUT2D eigenvalue weighted by molar-refractivity contribution is 7.09. The first kappa shape index (κ1) is 12.8. The van der Waals surface area contributed by atoms with Crippen LogP contribution >= 0.6 is 11.3 Å². The fourth-order valence-corrected chi connectivity index (χ4v) is 3.50. The minimum atomic E-state index is 0.0174. The molecular weight excluding hydrogens is 258 g/mol. The molecule has 0 unspecified atom stereocenters. The lowest BCUT2D eigenvalue weighted by molar-refractivity contribution is -0.115. The van der Waals surface area contributed by atoms with Crippen molar-refractivity contribution >= 4 is 23.0 Å². The Balaban J connectivity index is 1.53. The first-order chi connectivity index (χ1) is 9.27. The lowest BCUT2D eigenvalue weighted by Crippen LogP contribution is -2.39. The van der Waals surface area contributed by atoms with E-state index in [2.05, 4.69) is 15.6 Å². The van der Waals surface area contributed by atoms with E-state index in [-0.39, 0.29) is 11.3 Å². The summed E-state index contributed by atoms with van der Waals surface area (Å²) >= 11 is 1.67. The molecule has 2 aliphatic heterocycles. The Kier molecular flexibility index (Phi) is 3.66. The van der Waals surface area contributed by atoms with Gasteiger partial charge in [0.15, 0.2) is 0 Å². The van der Waals surface area contributed by atoms with E-state index in [1.54, 1.807) is 11.3 Å². The summed E-state index contributed by atoms with van der Waals surface area (Å²) in [7, 11) is 0. The molecule has 1 saturated heterocycles. The van der Waals surface area contributed by atoms with Crippen molar-refractivity contribution in [2.75, 3.05) is 19.6 Å². The predicted octanol–water partition coefficient (Wildman–Crippen LogP) is 1.58. The number of carbonyl (C=O) groups is 1. The molecule has 1 spiro atoms. The summed E-state index contributed by atoms with van der Waals surface area (Å²) in [5, 5.41) is 8.37. The van der Waals surface area contributed by atoms with E-state index < -0.39 is 0 Å². The molecular formula is C14H19N3OS. The topological polar surface area (TPSA) is 53.5 Å². The average molecular weight is 277 g/mol. The molecule has 1 aromatic rings. The molecule has 1 fully saturated rings. The Hall–Kier alpha value is -1.20. The highest BCUT2D eigenvalue weighted by Crippen LogP contribution is 2.37. The van der Waals surface area contributed by atoms with Crippen LogP contribution in [0.5, 0.6) is 0 Å². The van der Waals surface area contributed by atoms with E-state index in [4.69, 9.17) is 0 Å². The highest BCUT2D eigenvalue weighted by Gasteiger charge is 2.38. The molecule has 1 aromatic heterocycles. The maximum Gasteiger partial charge on any atom is 0.265 e. The van der Waals surface area contributed by atoms with Crippen LogP contribution in [0.3, 0.4) is 0 Å². The maximum atomic E-state index is 12.1. The molecule has 4 nitrogen and oxygen atoms in total. The SMILES string of the molecule is O=C(NCc1cccs1)C1=NCC2(CCNCC2)C1. The standard InChI is InChI=1S/C14H19N3OS/c18-13(16-9-11-2-1-7-19-11)12-8-14(10-17-12)3-5-15-6-4-14/h1-2,7,15H,3-6,8-10H2,(H,16,18). The van der Waals surface area contributed by atoms with Gasteiger partial charge in [-0.15, -0.1) is 11.3 Å². The van der Waals surface area contributed by atoms with Crippen LogP contribution < -0.4 is 10.6 Å². The van der Waals surface area contributed by atoms with Crippen LogP contribution in [-0.2, 0) is 11.3 Å². The van der Waals surface area contributed by atoms with Crippen molar-refractivity contribution in [2.45, 2.75) is 25.8 Å². The van der Waals surface area contributed by atoms with E-state index >= 15 is 0 Å². The number of piperidine rings is 1. The molecule has 0 radical (unpaired) electrons. The van der Waals surface area contributed by atoms with E-state index in [9.17, 15) is 4.79 Å². The molecule has 0 bridgehead atoms. The Labute approximate surface area is 117 Å². The average Bonchev–Trinajstić information content (AvgIpc) is 3.07. The Morgan fingerprint density at radius 1 is 1.47 bits per heavy atom. The van der Waals surface area contributed by atoms with Gasteiger partial charge in [-0.25, -0.2) is 0 Å². The summed E-state index contributed by atoms with van der Waals surface area (Å²) in [4.78, 5) is 17.8. The molecule has 2 N–H and O–H groups in total. The van der Waals surface area contributed by atoms with E-state index in [0.717, 1.165) is 44.6 Å². The number of aliphatic imine (C=N–C) groups is 1. The van der Waals surface area contributed by atoms with Crippen LogP contribution in [0.4, 0.5) is 0 Å². The number of thiophene rings is 1. The van der Waals surface area contributed by atoms with Crippen LogP contribution in [0, 0.1) is 5.41 Å². The van der Waals surface area contributed by atoms with Gasteiger partial charge in [0.25, 0.3) is 5.91 Å². The third-order valence-corrected chi connectivity index (χ3v) is 4.95. The van der Waals surface area contributed by atoms with Crippen molar-refractivity contribution in [1.29, 1.82) is 0 Å². The largest absolute Gasteiger partial charge is 0.346 e. The van der Waals surface area contributed by atoms with Gasteiger partial charge in [0, 0.05) is 17.8 Å². The molecule has 0 aromatic carbocycles. The number of rotatable bonds is 3. The zero-order valence-corrected chi connectivity index (χ0v) is 11.8. The Morgan fingerprint density at radius 2 is 2.32 bits per heavy atom. The highest BCUT2D eigenvalue weighted by atomic mass is 32.1. The Bertz CT molecular complexity index is 475. The van der Waals surface area contributed by atoms with Crippen molar-refractivity contribution in [2.24, 2.45) is 10.4 Å². The molecule has 2 aliphatic rings. The summed E-state index contributed by atoms with van der Waals surface area (Å²) < 4.78 is 0. The number of amides is 1. The van der Waals surface area contributed by atoms with Crippen molar-refractivity contribution in [1.82, 2.24) is 10.6 Å². The van der Waals surface area contributed by atoms with Gasteiger partial charge in [0.05, 0.1) is 6.54 Å². The summed E-state index contributed by atoms with van der Waals surface area (Å²) in [5.41, 5.74) is 1.01. The first-order valence-electron chi connectivity index (χ1n) is 6.82. The van der Waals surface area contributed by atoms with Gasteiger partial charge in [-0.2, -0.15) is 0 Å². The van der Waals surface area contributed by atoms with Gasteiger partial charge in [0.1, 0.15) is 5.71 Å². The fraction of sp³-hybridized carbons (Fsp3) is 0.571. The lowest BCUT2D eigenvalue weighted by Gasteiger charge is -2.32. The van der Waals surface area contributed by atoms with E-state index in [1.807, 2.05) is 17.5 Å². The quantitative estimate of drug-likeness (QED) is 0.881. The molecule has 0 aliphatic carbocycles. The van der Waals surface area contributed by atoms with E-state index in [1.165, 1.54) is 4.88 Å². The van der Waals surface area contributed by atoms with Crippen LogP contribution in [0.1, 0.15) is 24.1 Å². The van der Waals surface area contributed by atoms with Gasteiger partial charge in [-0.3, -0.25) is 9.79 Å². The lowest BCUT2D eigenvalue weighted by atomic mass is 9.77. The van der Waals surface area contributed by atoms with Gasteiger partial charge in [0.2, 0.25) is 0 Å². The van der Waals surface area contributed by atoms with Crippen LogP contribution in [0.2, 0.25) is 0 Å². The number of nitrogens with zero attached hydrogens (tertiary/aromatic N) is 1.